The second kappa shape index (κ2) is 11.8. The number of anilines is 2. The first-order chi connectivity index (χ1) is 16.7. The first-order valence-corrected chi connectivity index (χ1v) is 10.8. The number of furan rings is 1. The SMILES string of the molecule is Cc1ccccc1NC(=O)C(=O)N/N=C/c1ccc(CNC(=O)C(=O)Nc2cc(Cl)cc(Cl)c2)o1. The zero-order valence-corrected chi connectivity index (χ0v) is 19.7. The summed E-state index contributed by atoms with van der Waals surface area (Å²) in [6, 6.07) is 14.5. The van der Waals surface area contributed by atoms with Crippen molar-refractivity contribution in [1.82, 2.24) is 10.7 Å². The fraction of sp³-hybridized carbons (Fsp3) is 0.0870. The van der Waals surface area contributed by atoms with Gasteiger partial charge < -0.3 is 20.4 Å². The minimum atomic E-state index is -0.962. The van der Waals surface area contributed by atoms with Gasteiger partial charge in [-0.15, -0.1) is 0 Å². The molecule has 0 spiro atoms. The van der Waals surface area contributed by atoms with Gasteiger partial charge in [0.25, 0.3) is 0 Å². The number of hydrazone groups is 1. The maximum absolute atomic E-state index is 12.0. The first-order valence-electron chi connectivity index (χ1n) is 10.1. The van der Waals surface area contributed by atoms with Crippen molar-refractivity contribution in [3.05, 3.63) is 81.7 Å². The molecule has 0 aliphatic rings. The van der Waals surface area contributed by atoms with Crippen LogP contribution in [-0.2, 0) is 25.7 Å². The number of rotatable bonds is 6. The van der Waals surface area contributed by atoms with E-state index in [1.165, 1.54) is 30.5 Å². The number of aryl methyl sites for hydroxylation is 1. The summed E-state index contributed by atoms with van der Waals surface area (Å²) in [7, 11) is 0. The number of nitrogens with zero attached hydrogens (tertiary/aromatic N) is 1. The Hall–Kier alpha value is -4.15. The Balaban J connectivity index is 1.45. The van der Waals surface area contributed by atoms with Gasteiger partial charge in [0.05, 0.1) is 12.8 Å². The number of hydrogen-bond donors (Lipinski definition) is 4. The predicted octanol–water partition coefficient (Wildman–Crippen LogP) is 3.24. The number of benzene rings is 2. The lowest BCUT2D eigenvalue weighted by atomic mass is 10.2. The lowest BCUT2D eigenvalue weighted by molar-refractivity contribution is -0.136. The molecule has 0 bridgehead atoms. The van der Waals surface area contributed by atoms with E-state index in [9.17, 15) is 19.2 Å². The van der Waals surface area contributed by atoms with Crippen LogP contribution in [0.15, 0.2) is 64.1 Å². The highest BCUT2D eigenvalue weighted by Gasteiger charge is 2.15. The predicted molar refractivity (Wildman–Crippen MR) is 131 cm³/mol. The molecule has 0 unspecified atom stereocenters. The van der Waals surface area contributed by atoms with E-state index in [4.69, 9.17) is 27.6 Å². The molecule has 2 aromatic carbocycles. The number of nitrogens with one attached hydrogen (secondary N) is 4. The molecule has 1 heterocycles. The zero-order chi connectivity index (χ0) is 25.4. The summed E-state index contributed by atoms with van der Waals surface area (Å²) in [5.41, 5.74) is 3.68. The van der Waals surface area contributed by atoms with Gasteiger partial charge in [-0.3, -0.25) is 19.2 Å². The molecule has 1 aromatic heterocycles. The van der Waals surface area contributed by atoms with E-state index in [2.05, 4.69) is 26.5 Å². The van der Waals surface area contributed by atoms with Crippen LogP contribution in [0, 0.1) is 6.92 Å². The average molecular weight is 516 g/mol. The smallest absolute Gasteiger partial charge is 0.329 e. The van der Waals surface area contributed by atoms with Gasteiger partial charge in [-0.2, -0.15) is 5.10 Å². The van der Waals surface area contributed by atoms with Gasteiger partial charge in [0.1, 0.15) is 11.5 Å². The highest BCUT2D eigenvalue weighted by Crippen LogP contribution is 2.22. The van der Waals surface area contributed by atoms with Crippen LogP contribution in [0.25, 0.3) is 0 Å². The number of hydrogen-bond acceptors (Lipinski definition) is 6. The minimum Gasteiger partial charge on any atom is -0.458 e. The number of para-hydroxylation sites is 1. The molecule has 0 aliphatic heterocycles. The molecular weight excluding hydrogens is 497 g/mol. The Labute approximate surface area is 209 Å². The Morgan fingerprint density at radius 2 is 1.57 bits per heavy atom. The summed E-state index contributed by atoms with van der Waals surface area (Å²) in [5.74, 6) is -3.09. The summed E-state index contributed by atoms with van der Waals surface area (Å²) in [4.78, 5) is 47.9. The normalized spacial score (nSPS) is 10.6. The van der Waals surface area contributed by atoms with Gasteiger partial charge >= 0.3 is 23.6 Å². The van der Waals surface area contributed by atoms with Crippen LogP contribution in [0.1, 0.15) is 17.1 Å². The summed E-state index contributed by atoms with van der Waals surface area (Å²) in [6.45, 7) is 1.71. The van der Waals surface area contributed by atoms with Crippen LogP contribution in [0.2, 0.25) is 10.0 Å². The van der Waals surface area contributed by atoms with Gasteiger partial charge in [-0.1, -0.05) is 41.4 Å². The maximum atomic E-state index is 12.0. The molecule has 3 aromatic rings. The first kappa shape index (κ1) is 25.5. The molecular formula is C23H19Cl2N5O5. The van der Waals surface area contributed by atoms with Crippen LogP contribution in [0.4, 0.5) is 11.4 Å². The molecule has 0 saturated heterocycles. The fourth-order valence-electron chi connectivity index (χ4n) is 2.72. The molecule has 180 valence electrons. The van der Waals surface area contributed by atoms with Crippen LogP contribution < -0.4 is 21.4 Å². The Morgan fingerprint density at radius 1 is 0.886 bits per heavy atom. The van der Waals surface area contributed by atoms with Crippen molar-refractivity contribution in [2.24, 2.45) is 5.10 Å². The van der Waals surface area contributed by atoms with E-state index < -0.39 is 23.6 Å². The summed E-state index contributed by atoms with van der Waals surface area (Å²) in [6.07, 6.45) is 1.18. The summed E-state index contributed by atoms with van der Waals surface area (Å²) >= 11 is 11.7. The molecule has 10 nitrogen and oxygen atoms in total. The molecule has 4 N–H and O–H groups in total. The number of halogens is 2. The van der Waals surface area contributed by atoms with Crippen LogP contribution in [0.3, 0.4) is 0 Å². The second-order valence-corrected chi connectivity index (χ2v) is 7.94. The van der Waals surface area contributed by atoms with Crippen LogP contribution >= 0.6 is 23.2 Å². The van der Waals surface area contributed by atoms with E-state index in [0.29, 0.717) is 21.5 Å². The lowest BCUT2D eigenvalue weighted by Gasteiger charge is -2.06. The molecule has 0 aliphatic carbocycles. The topological polar surface area (TPSA) is 142 Å². The van der Waals surface area contributed by atoms with Crippen molar-refractivity contribution in [2.75, 3.05) is 10.6 Å². The van der Waals surface area contributed by atoms with E-state index in [1.807, 2.05) is 6.07 Å². The van der Waals surface area contributed by atoms with Gasteiger partial charge in [0.15, 0.2) is 0 Å². The fourth-order valence-corrected chi connectivity index (χ4v) is 3.24. The molecule has 0 fully saturated rings. The molecule has 4 amide bonds. The molecule has 12 heteroatoms. The lowest BCUT2D eigenvalue weighted by Crippen LogP contribution is -2.34. The maximum Gasteiger partial charge on any atom is 0.329 e. The van der Waals surface area contributed by atoms with E-state index in [-0.39, 0.29) is 18.0 Å². The van der Waals surface area contributed by atoms with Gasteiger partial charge in [0, 0.05) is 21.4 Å². The molecule has 35 heavy (non-hydrogen) atoms. The zero-order valence-electron chi connectivity index (χ0n) is 18.2. The highest BCUT2D eigenvalue weighted by molar-refractivity contribution is 6.40. The largest absolute Gasteiger partial charge is 0.458 e. The quantitative estimate of drug-likeness (QED) is 0.226. The average Bonchev–Trinajstić information content (AvgIpc) is 3.25. The van der Waals surface area contributed by atoms with Crippen molar-refractivity contribution in [2.45, 2.75) is 13.5 Å². The van der Waals surface area contributed by atoms with Crippen molar-refractivity contribution < 1.29 is 23.6 Å². The van der Waals surface area contributed by atoms with Crippen LogP contribution in [0.5, 0.6) is 0 Å². The Bertz CT molecular complexity index is 1280. The molecule has 0 atom stereocenters. The monoisotopic (exact) mass is 515 g/mol. The van der Waals surface area contributed by atoms with E-state index in [1.54, 1.807) is 31.2 Å². The van der Waals surface area contributed by atoms with Crippen molar-refractivity contribution in [3.8, 4) is 0 Å². The number of carbonyl (C=O) groups excluding carboxylic acids is 4. The number of carbonyl (C=O) groups is 4. The molecule has 0 radical (unpaired) electrons. The third kappa shape index (κ3) is 7.70. The number of amides is 4. The Morgan fingerprint density at radius 3 is 2.29 bits per heavy atom. The van der Waals surface area contributed by atoms with Gasteiger partial charge in [0.2, 0.25) is 0 Å². The Kier molecular flexibility index (Phi) is 8.60. The van der Waals surface area contributed by atoms with Crippen molar-refractivity contribution in [3.63, 3.8) is 0 Å². The van der Waals surface area contributed by atoms with E-state index in [0.717, 1.165) is 5.56 Å². The van der Waals surface area contributed by atoms with Crippen LogP contribution in [-0.4, -0.2) is 29.8 Å². The van der Waals surface area contributed by atoms with Gasteiger partial charge in [-0.05, 0) is 48.9 Å². The molecule has 3 rings (SSSR count). The van der Waals surface area contributed by atoms with Gasteiger partial charge in [-0.25, -0.2) is 5.43 Å². The van der Waals surface area contributed by atoms with Crippen molar-refractivity contribution in [1.29, 1.82) is 0 Å². The highest BCUT2D eigenvalue weighted by atomic mass is 35.5. The summed E-state index contributed by atoms with van der Waals surface area (Å²) < 4.78 is 5.43. The van der Waals surface area contributed by atoms with E-state index >= 15 is 0 Å². The standard InChI is InChI=1S/C23H19Cl2N5O5/c1-13-4-2-3-5-19(13)29-22(33)23(34)30-27-12-18-7-6-17(35-18)11-26-20(31)21(32)28-16-9-14(24)8-15(25)10-16/h2-10,12H,11H2,1H3,(H,26,31)(H,28,32)(H,29,33)(H,30,34)/b27-12+. The second-order valence-electron chi connectivity index (χ2n) is 7.07. The summed E-state index contributed by atoms with van der Waals surface area (Å²) in [5, 5.41) is 11.6. The third-order valence-corrected chi connectivity index (χ3v) is 4.83. The van der Waals surface area contributed by atoms with Crippen molar-refractivity contribution >= 4 is 64.4 Å². The minimum absolute atomic E-state index is 0.0818. The molecule has 0 saturated carbocycles. The third-order valence-electron chi connectivity index (χ3n) is 4.39.